The third kappa shape index (κ3) is 2.22. The molecule has 0 bridgehead atoms. The first-order valence-electron chi connectivity index (χ1n) is 5.18. The predicted molar refractivity (Wildman–Crippen MR) is 62.3 cm³/mol. The molecule has 1 aliphatic rings. The van der Waals surface area contributed by atoms with Gasteiger partial charge in [-0.05, 0) is 19.1 Å². The highest BCUT2D eigenvalue weighted by atomic mass is 32.2. The van der Waals surface area contributed by atoms with Crippen LogP contribution in [-0.4, -0.2) is 32.7 Å². The zero-order valence-electron chi connectivity index (χ0n) is 9.30. The molecule has 16 heavy (non-hydrogen) atoms. The van der Waals surface area contributed by atoms with Crippen molar-refractivity contribution in [3.63, 3.8) is 0 Å². The highest BCUT2D eigenvalue weighted by Crippen LogP contribution is 2.32. The number of nitrogens with zero attached hydrogens (tertiary/aromatic N) is 2. The van der Waals surface area contributed by atoms with Crippen molar-refractivity contribution >= 4 is 17.7 Å². The molecule has 0 saturated carbocycles. The molecule has 0 radical (unpaired) electrons. The van der Waals surface area contributed by atoms with Crippen molar-refractivity contribution < 1.29 is 9.90 Å². The number of thioether (sulfide) groups is 1. The van der Waals surface area contributed by atoms with E-state index in [0.29, 0.717) is 6.42 Å². The van der Waals surface area contributed by atoms with Gasteiger partial charge in [-0.3, -0.25) is 14.8 Å². The van der Waals surface area contributed by atoms with Crippen LogP contribution in [0.3, 0.4) is 0 Å². The maximum Gasteiger partial charge on any atom is 0.320 e. The molecular weight excluding hydrogens is 226 g/mol. The van der Waals surface area contributed by atoms with E-state index in [1.165, 1.54) is 0 Å². The molecule has 2 rings (SSSR count). The Morgan fingerprint density at radius 1 is 1.75 bits per heavy atom. The average Bonchev–Trinajstić information content (AvgIpc) is 2.58. The minimum Gasteiger partial charge on any atom is -0.480 e. The van der Waals surface area contributed by atoms with Gasteiger partial charge in [-0.2, -0.15) is 5.10 Å². The number of aromatic nitrogens is 2. The van der Waals surface area contributed by atoms with Crippen molar-refractivity contribution in [2.24, 2.45) is 7.05 Å². The largest absolute Gasteiger partial charge is 0.480 e. The zero-order chi connectivity index (χ0) is 11.7. The molecule has 0 amide bonds. The molecule has 6 heteroatoms. The lowest BCUT2D eigenvalue weighted by Gasteiger charge is -2.27. The number of aryl methyl sites for hydroxylation is 2. The second-order valence-electron chi connectivity index (χ2n) is 3.94. The fraction of sp³-hybridized carbons (Fsp3) is 0.600. The number of hydrogen-bond acceptors (Lipinski definition) is 4. The van der Waals surface area contributed by atoms with Gasteiger partial charge in [0, 0.05) is 18.8 Å². The van der Waals surface area contributed by atoms with E-state index in [9.17, 15) is 4.79 Å². The maximum absolute atomic E-state index is 10.9. The van der Waals surface area contributed by atoms with Gasteiger partial charge in [0.05, 0.1) is 11.1 Å². The second kappa shape index (κ2) is 4.47. The fourth-order valence-electron chi connectivity index (χ4n) is 1.87. The lowest BCUT2D eigenvalue weighted by Crippen LogP contribution is -2.41. The van der Waals surface area contributed by atoms with Crippen molar-refractivity contribution in [3.8, 4) is 0 Å². The van der Waals surface area contributed by atoms with Crippen LogP contribution >= 0.6 is 11.8 Å². The van der Waals surface area contributed by atoms with Crippen LogP contribution in [0.1, 0.15) is 23.1 Å². The van der Waals surface area contributed by atoms with Crippen molar-refractivity contribution in [2.75, 3.05) is 5.75 Å². The predicted octanol–water partition coefficient (Wildman–Crippen LogP) is 0.907. The van der Waals surface area contributed by atoms with Gasteiger partial charge in [0.1, 0.15) is 6.04 Å². The van der Waals surface area contributed by atoms with Gasteiger partial charge >= 0.3 is 5.97 Å². The Morgan fingerprint density at radius 2 is 2.50 bits per heavy atom. The van der Waals surface area contributed by atoms with Gasteiger partial charge in [-0.25, -0.2) is 0 Å². The van der Waals surface area contributed by atoms with Gasteiger partial charge in [-0.1, -0.05) is 0 Å². The molecule has 2 atom stereocenters. The summed E-state index contributed by atoms with van der Waals surface area (Å²) >= 11 is 1.74. The molecule has 2 heterocycles. The number of rotatable bonds is 2. The average molecular weight is 241 g/mol. The van der Waals surface area contributed by atoms with Crippen LogP contribution in [-0.2, 0) is 11.8 Å². The SMILES string of the molecule is Cc1nn(C)cc1C1NC(C(=O)O)CCS1. The number of aliphatic carboxylic acids is 1. The summed E-state index contributed by atoms with van der Waals surface area (Å²) in [6, 6.07) is -0.439. The summed E-state index contributed by atoms with van der Waals surface area (Å²) in [7, 11) is 1.87. The summed E-state index contributed by atoms with van der Waals surface area (Å²) in [5.74, 6) is 0.0926. The first-order valence-corrected chi connectivity index (χ1v) is 6.23. The maximum atomic E-state index is 10.9. The molecule has 0 spiro atoms. The Bertz CT molecular complexity index is 405. The first-order chi connectivity index (χ1) is 7.58. The van der Waals surface area contributed by atoms with Gasteiger partial charge in [0.15, 0.2) is 0 Å². The van der Waals surface area contributed by atoms with Crippen LogP contribution in [0.25, 0.3) is 0 Å². The van der Waals surface area contributed by atoms with E-state index in [4.69, 9.17) is 5.11 Å². The Morgan fingerprint density at radius 3 is 3.06 bits per heavy atom. The molecule has 1 fully saturated rings. The van der Waals surface area contributed by atoms with E-state index in [1.807, 2.05) is 20.2 Å². The van der Waals surface area contributed by atoms with Gasteiger partial charge in [0.25, 0.3) is 0 Å². The molecule has 1 aromatic heterocycles. The van der Waals surface area contributed by atoms with Gasteiger partial charge < -0.3 is 5.11 Å². The minimum atomic E-state index is -0.771. The van der Waals surface area contributed by atoms with Crippen LogP contribution in [0.15, 0.2) is 6.20 Å². The van der Waals surface area contributed by atoms with E-state index in [2.05, 4.69) is 10.4 Å². The number of carboxylic acids is 1. The summed E-state index contributed by atoms with van der Waals surface area (Å²) < 4.78 is 1.76. The lowest BCUT2D eigenvalue weighted by molar-refractivity contribution is -0.139. The second-order valence-corrected chi connectivity index (χ2v) is 5.15. The van der Waals surface area contributed by atoms with Crippen LogP contribution in [0, 0.1) is 6.92 Å². The smallest absolute Gasteiger partial charge is 0.320 e. The summed E-state index contributed by atoms with van der Waals surface area (Å²) in [5.41, 5.74) is 2.04. The Kier molecular flexibility index (Phi) is 3.20. The molecule has 1 saturated heterocycles. The number of carboxylic acid groups (broad SMARTS) is 1. The zero-order valence-corrected chi connectivity index (χ0v) is 10.1. The van der Waals surface area contributed by atoms with E-state index >= 15 is 0 Å². The summed E-state index contributed by atoms with van der Waals surface area (Å²) in [4.78, 5) is 10.9. The number of nitrogens with one attached hydrogen (secondary N) is 1. The third-order valence-corrected chi connectivity index (χ3v) is 3.87. The molecule has 1 aromatic rings. The molecule has 2 N–H and O–H groups in total. The van der Waals surface area contributed by atoms with Gasteiger partial charge in [-0.15, -0.1) is 11.8 Å². The van der Waals surface area contributed by atoms with Crippen LogP contribution in [0.2, 0.25) is 0 Å². The van der Waals surface area contributed by atoms with E-state index in [-0.39, 0.29) is 5.37 Å². The molecule has 5 nitrogen and oxygen atoms in total. The standard InChI is InChI=1S/C10H15N3O2S/c1-6-7(5-13(2)12-6)9-11-8(10(14)15)3-4-16-9/h5,8-9,11H,3-4H2,1-2H3,(H,14,15). The highest BCUT2D eigenvalue weighted by Gasteiger charge is 2.28. The van der Waals surface area contributed by atoms with Crippen molar-refractivity contribution in [1.29, 1.82) is 0 Å². The van der Waals surface area contributed by atoms with E-state index < -0.39 is 12.0 Å². The Hall–Kier alpha value is -1.01. The molecule has 0 aromatic carbocycles. The summed E-state index contributed by atoms with van der Waals surface area (Å²) in [5, 5.41) is 16.4. The summed E-state index contributed by atoms with van der Waals surface area (Å²) in [6.45, 7) is 1.95. The van der Waals surface area contributed by atoms with E-state index in [0.717, 1.165) is 17.0 Å². The normalized spacial score (nSPS) is 25.6. The Balaban J connectivity index is 2.15. The molecule has 1 aliphatic heterocycles. The first kappa shape index (κ1) is 11.5. The van der Waals surface area contributed by atoms with Gasteiger partial charge in [0.2, 0.25) is 0 Å². The fourth-order valence-corrected chi connectivity index (χ4v) is 3.15. The number of carbonyl (C=O) groups is 1. The minimum absolute atomic E-state index is 0.0450. The monoisotopic (exact) mass is 241 g/mol. The van der Waals surface area contributed by atoms with Crippen molar-refractivity contribution in [2.45, 2.75) is 24.8 Å². The Labute approximate surface area is 98.2 Å². The third-order valence-electron chi connectivity index (χ3n) is 2.68. The van der Waals surface area contributed by atoms with E-state index in [1.54, 1.807) is 16.4 Å². The van der Waals surface area contributed by atoms with Crippen molar-refractivity contribution in [1.82, 2.24) is 15.1 Å². The van der Waals surface area contributed by atoms with Crippen LogP contribution in [0.5, 0.6) is 0 Å². The molecule has 88 valence electrons. The highest BCUT2D eigenvalue weighted by molar-refractivity contribution is 7.99. The molecular formula is C10H15N3O2S. The van der Waals surface area contributed by atoms with Crippen LogP contribution in [0.4, 0.5) is 0 Å². The molecule has 0 aliphatic carbocycles. The molecule has 2 unspecified atom stereocenters. The summed E-state index contributed by atoms with van der Waals surface area (Å²) in [6.07, 6.45) is 2.63. The lowest BCUT2D eigenvalue weighted by atomic mass is 10.2. The number of hydrogen-bond donors (Lipinski definition) is 2. The van der Waals surface area contributed by atoms with Crippen LogP contribution < -0.4 is 5.32 Å². The quantitative estimate of drug-likeness (QED) is 0.805. The topological polar surface area (TPSA) is 67.2 Å². The van der Waals surface area contributed by atoms with Crippen molar-refractivity contribution in [3.05, 3.63) is 17.5 Å².